The van der Waals surface area contributed by atoms with Crippen LogP contribution in [0.25, 0.3) is 0 Å². The second-order valence-corrected chi connectivity index (χ2v) is 5.69. The molecule has 0 heterocycles. The van der Waals surface area contributed by atoms with Crippen molar-refractivity contribution in [2.24, 2.45) is 5.73 Å². The molecule has 20 heavy (non-hydrogen) atoms. The summed E-state index contributed by atoms with van der Waals surface area (Å²) in [5, 5.41) is 9.15. The quantitative estimate of drug-likeness (QED) is 0.788. The van der Waals surface area contributed by atoms with Crippen LogP contribution in [-0.4, -0.2) is 19.4 Å². The third-order valence-electron chi connectivity index (χ3n) is 2.58. The van der Waals surface area contributed by atoms with Crippen molar-refractivity contribution in [3.05, 3.63) is 54.1 Å². The summed E-state index contributed by atoms with van der Waals surface area (Å²) < 4.78 is 26.6. The zero-order chi connectivity index (χ0) is 14.8. The number of anilines is 1. The topological polar surface area (TPSA) is 109 Å². The fourth-order valence-corrected chi connectivity index (χ4v) is 2.70. The van der Waals surface area contributed by atoms with Gasteiger partial charge in [0.1, 0.15) is 5.75 Å². The number of carbonyl (C=O) groups excluding carboxylic acids is 1. The molecule has 0 bridgehead atoms. The van der Waals surface area contributed by atoms with Crippen LogP contribution in [0, 0.1) is 0 Å². The van der Waals surface area contributed by atoms with E-state index in [1.807, 2.05) is 0 Å². The first-order valence-corrected chi connectivity index (χ1v) is 7.09. The highest BCUT2D eigenvalue weighted by Crippen LogP contribution is 2.21. The number of hydrogen-bond donors (Lipinski definition) is 3. The van der Waals surface area contributed by atoms with E-state index < -0.39 is 15.9 Å². The molecule has 2 rings (SSSR count). The van der Waals surface area contributed by atoms with Crippen LogP contribution in [0.15, 0.2) is 53.4 Å². The summed E-state index contributed by atoms with van der Waals surface area (Å²) in [4.78, 5) is 11.2. The number of benzene rings is 2. The number of para-hydroxylation sites is 1. The number of sulfonamides is 1. The van der Waals surface area contributed by atoms with Crippen molar-refractivity contribution in [3.63, 3.8) is 0 Å². The Morgan fingerprint density at radius 1 is 1.05 bits per heavy atom. The minimum atomic E-state index is -3.85. The lowest BCUT2D eigenvalue weighted by Gasteiger charge is -2.10. The van der Waals surface area contributed by atoms with E-state index in [-0.39, 0.29) is 21.9 Å². The van der Waals surface area contributed by atoms with Gasteiger partial charge in [0.25, 0.3) is 15.9 Å². The van der Waals surface area contributed by atoms with E-state index in [1.165, 1.54) is 36.4 Å². The van der Waals surface area contributed by atoms with Gasteiger partial charge < -0.3 is 10.8 Å². The zero-order valence-electron chi connectivity index (χ0n) is 10.3. The third-order valence-corrected chi connectivity index (χ3v) is 3.97. The molecule has 2 aromatic rings. The van der Waals surface area contributed by atoms with Crippen molar-refractivity contribution < 1.29 is 18.3 Å². The summed E-state index contributed by atoms with van der Waals surface area (Å²) in [5.41, 5.74) is 5.37. The van der Waals surface area contributed by atoms with Gasteiger partial charge in [-0.1, -0.05) is 12.1 Å². The minimum absolute atomic E-state index is 0.0328. The Labute approximate surface area is 115 Å². The number of carbonyl (C=O) groups is 1. The molecule has 0 aliphatic heterocycles. The molecule has 104 valence electrons. The summed E-state index contributed by atoms with van der Waals surface area (Å²) in [6, 6.07) is 11.1. The Kier molecular flexibility index (Phi) is 3.62. The van der Waals surface area contributed by atoms with E-state index in [4.69, 9.17) is 10.8 Å². The molecule has 0 atom stereocenters. The van der Waals surface area contributed by atoms with Crippen LogP contribution in [0.3, 0.4) is 0 Å². The van der Waals surface area contributed by atoms with Gasteiger partial charge in [-0.2, -0.15) is 0 Å². The second kappa shape index (κ2) is 5.22. The van der Waals surface area contributed by atoms with Crippen molar-refractivity contribution in [3.8, 4) is 5.75 Å². The summed E-state index contributed by atoms with van der Waals surface area (Å²) in [6.45, 7) is 0. The molecule has 1 amide bonds. The van der Waals surface area contributed by atoms with Gasteiger partial charge in [0.15, 0.2) is 0 Å². The first-order valence-electron chi connectivity index (χ1n) is 5.61. The lowest BCUT2D eigenvalue weighted by Crippen LogP contribution is -2.18. The number of hydrogen-bond acceptors (Lipinski definition) is 4. The second-order valence-electron chi connectivity index (χ2n) is 4.01. The predicted molar refractivity (Wildman–Crippen MR) is 73.9 cm³/mol. The molecule has 0 aliphatic carbocycles. The summed E-state index contributed by atoms with van der Waals surface area (Å²) >= 11 is 0. The number of phenolic OH excluding ortho intramolecular Hbond substituents is 1. The van der Waals surface area contributed by atoms with Crippen molar-refractivity contribution in [1.29, 1.82) is 0 Å². The Hall–Kier alpha value is -2.54. The Bertz CT molecular complexity index is 739. The maximum Gasteiger partial charge on any atom is 0.261 e. The van der Waals surface area contributed by atoms with Crippen LogP contribution in [0.1, 0.15) is 10.4 Å². The first kappa shape index (κ1) is 13.9. The molecule has 7 heteroatoms. The van der Waals surface area contributed by atoms with Gasteiger partial charge in [0.2, 0.25) is 0 Å². The van der Waals surface area contributed by atoms with Gasteiger partial charge in [-0.05, 0) is 36.4 Å². The largest absolute Gasteiger partial charge is 0.508 e. The fraction of sp³-hybridized carbons (Fsp3) is 0. The Morgan fingerprint density at radius 3 is 2.25 bits per heavy atom. The van der Waals surface area contributed by atoms with E-state index in [2.05, 4.69) is 4.72 Å². The molecule has 0 unspecified atom stereocenters. The van der Waals surface area contributed by atoms with E-state index >= 15 is 0 Å². The molecule has 0 saturated heterocycles. The standard InChI is InChI=1S/C13H12N2O4S/c14-13(17)11-3-1-2-4-12(11)15-20(18,19)10-7-5-9(16)6-8-10/h1-8,15-16H,(H2,14,17). The molecule has 2 aromatic carbocycles. The Balaban J connectivity index is 2.38. The van der Waals surface area contributed by atoms with Crippen LogP contribution in [0.2, 0.25) is 0 Å². The molecule has 0 aromatic heterocycles. The van der Waals surface area contributed by atoms with Crippen LogP contribution < -0.4 is 10.5 Å². The van der Waals surface area contributed by atoms with E-state index in [0.29, 0.717) is 0 Å². The Morgan fingerprint density at radius 2 is 1.65 bits per heavy atom. The van der Waals surface area contributed by atoms with Gasteiger partial charge in [0.05, 0.1) is 16.1 Å². The summed E-state index contributed by atoms with van der Waals surface area (Å²) in [6.07, 6.45) is 0. The maximum absolute atomic E-state index is 12.1. The van der Waals surface area contributed by atoms with E-state index in [1.54, 1.807) is 12.1 Å². The number of nitrogens with one attached hydrogen (secondary N) is 1. The molecule has 6 nitrogen and oxygen atoms in total. The third kappa shape index (κ3) is 2.89. The average Bonchev–Trinajstić information content (AvgIpc) is 2.39. The normalized spacial score (nSPS) is 11.0. The number of aromatic hydroxyl groups is 1. The monoisotopic (exact) mass is 292 g/mol. The summed E-state index contributed by atoms with van der Waals surface area (Å²) in [5.74, 6) is -0.768. The SMILES string of the molecule is NC(=O)c1ccccc1NS(=O)(=O)c1ccc(O)cc1. The summed E-state index contributed by atoms with van der Waals surface area (Å²) in [7, 11) is -3.85. The van der Waals surface area contributed by atoms with Gasteiger partial charge in [0, 0.05) is 0 Å². The van der Waals surface area contributed by atoms with Gasteiger partial charge >= 0.3 is 0 Å². The van der Waals surface area contributed by atoms with Crippen molar-refractivity contribution >= 4 is 21.6 Å². The number of rotatable bonds is 4. The van der Waals surface area contributed by atoms with Gasteiger partial charge in [-0.3, -0.25) is 9.52 Å². The van der Waals surface area contributed by atoms with Crippen LogP contribution in [-0.2, 0) is 10.0 Å². The van der Waals surface area contributed by atoms with E-state index in [9.17, 15) is 13.2 Å². The van der Waals surface area contributed by atoms with Crippen LogP contribution in [0.4, 0.5) is 5.69 Å². The van der Waals surface area contributed by atoms with Crippen molar-refractivity contribution in [1.82, 2.24) is 0 Å². The minimum Gasteiger partial charge on any atom is -0.508 e. The van der Waals surface area contributed by atoms with Crippen LogP contribution >= 0.6 is 0 Å². The van der Waals surface area contributed by atoms with Crippen molar-refractivity contribution in [2.45, 2.75) is 4.90 Å². The average molecular weight is 292 g/mol. The van der Waals surface area contributed by atoms with Gasteiger partial charge in [-0.15, -0.1) is 0 Å². The number of nitrogens with two attached hydrogens (primary N) is 1. The highest BCUT2D eigenvalue weighted by Gasteiger charge is 2.17. The highest BCUT2D eigenvalue weighted by atomic mass is 32.2. The predicted octanol–water partition coefficient (Wildman–Crippen LogP) is 1.29. The van der Waals surface area contributed by atoms with Crippen LogP contribution in [0.5, 0.6) is 5.75 Å². The van der Waals surface area contributed by atoms with Gasteiger partial charge in [-0.25, -0.2) is 8.42 Å². The van der Waals surface area contributed by atoms with E-state index in [0.717, 1.165) is 0 Å². The number of primary amides is 1. The smallest absolute Gasteiger partial charge is 0.261 e. The molecule has 0 saturated carbocycles. The molecule has 0 fully saturated rings. The number of amides is 1. The highest BCUT2D eigenvalue weighted by molar-refractivity contribution is 7.92. The molecule has 0 radical (unpaired) electrons. The lowest BCUT2D eigenvalue weighted by atomic mass is 10.2. The maximum atomic E-state index is 12.1. The molecule has 0 aliphatic rings. The molecular weight excluding hydrogens is 280 g/mol. The molecular formula is C13H12N2O4S. The number of phenols is 1. The van der Waals surface area contributed by atoms with Crippen molar-refractivity contribution in [2.75, 3.05) is 4.72 Å². The zero-order valence-corrected chi connectivity index (χ0v) is 11.1. The lowest BCUT2D eigenvalue weighted by molar-refractivity contribution is 0.100. The molecule has 4 N–H and O–H groups in total. The molecule has 0 spiro atoms. The fourth-order valence-electron chi connectivity index (χ4n) is 1.62. The first-order chi connectivity index (χ1) is 9.40.